The van der Waals surface area contributed by atoms with Crippen molar-refractivity contribution in [1.29, 1.82) is 0 Å². The van der Waals surface area contributed by atoms with Crippen molar-refractivity contribution in [2.24, 2.45) is 5.16 Å². The Hall–Kier alpha value is -3.23. The van der Waals surface area contributed by atoms with Gasteiger partial charge < -0.3 is 19.6 Å². The lowest BCUT2D eigenvalue weighted by Crippen LogP contribution is -2.17. The number of nitrogens with one attached hydrogen (secondary N) is 1. The van der Waals surface area contributed by atoms with Gasteiger partial charge in [-0.25, -0.2) is 0 Å². The summed E-state index contributed by atoms with van der Waals surface area (Å²) in [4.78, 5) is 16.6. The Morgan fingerprint density at radius 2 is 1.85 bits per heavy atom. The number of methoxy groups -OCH3 is 2. The summed E-state index contributed by atoms with van der Waals surface area (Å²) in [5, 5.41) is 5.96. The van der Waals surface area contributed by atoms with Crippen LogP contribution >= 0.6 is 0 Å². The molecule has 0 aliphatic heterocycles. The highest BCUT2D eigenvalue weighted by atomic mass is 19.4. The van der Waals surface area contributed by atoms with Crippen LogP contribution in [-0.2, 0) is 15.8 Å². The van der Waals surface area contributed by atoms with Crippen LogP contribution in [0.15, 0.2) is 47.6 Å². The van der Waals surface area contributed by atoms with Crippen LogP contribution in [0.5, 0.6) is 11.5 Å². The molecule has 0 bridgehead atoms. The number of ether oxygens (including phenoxy) is 2. The molecule has 0 unspecified atom stereocenters. The third-order valence-corrected chi connectivity index (χ3v) is 3.35. The van der Waals surface area contributed by atoms with Crippen molar-refractivity contribution < 1.29 is 32.3 Å². The number of carbonyl (C=O) groups excluding carboxylic acids is 1. The van der Waals surface area contributed by atoms with E-state index >= 15 is 0 Å². The first-order chi connectivity index (χ1) is 12.8. The molecule has 2 aromatic carbocycles. The minimum absolute atomic E-state index is 0.0160. The van der Waals surface area contributed by atoms with Gasteiger partial charge >= 0.3 is 6.18 Å². The van der Waals surface area contributed by atoms with Crippen LogP contribution < -0.4 is 14.8 Å². The van der Waals surface area contributed by atoms with Gasteiger partial charge in [-0.15, -0.1) is 0 Å². The highest BCUT2D eigenvalue weighted by Gasteiger charge is 2.30. The van der Waals surface area contributed by atoms with Gasteiger partial charge in [0.1, 0.15) is 0 Å². The van der Waals surface area contributed by atoms with E-state index in [9.17, 15) is 18.0 Å². The molecule has 0 spiro atoms. The molecular weight excluding hydrogens is 365 g/mol. The van der Waals surface area contributed by atoms with Crippen LogP contribution in [0.3, 0.4) is 0 Å². The monoisotopic (exact) mass is 382 g/mol. The largest absolute Gasteiger partial charge is 0.493 e. The summed E-state index contributed by atoms with van der Waals surface area (Å²) in [5.74, 6) is 0.415. The number of alkyl halides is 3. The average molecular weight is 382 g/mol. The lowest BCUT2D eigenvalue weighted by molar-refractivity contribution is -0.137. The van der Waals surface area contributed by atoms with Gasteiger partial charge in [0, 0.05) is 11.3 Å². The van der Waals surface area contributed by atoms with Crippen molar-refractivity contribution in [2.45, 2.75) is 6.18 Å². The number of benzene rings is 2. The summed E-state index contributed by atoms with van der Waals surface area (Å²) in [6.45, 7) is -0.458. The van der Waals surface area contributed by atoms with E-state index in [1.807, 2.05) is 0 Å². The molecule has 0 aliphatic carbocycles. The van der Waals surface area contributed by atoms with Gasteiger partial charge in [-0.2, -0.15) is 13.2 Å². The van der Waals surface area contributed by atoms with Crippen molar-refractivity contribution >= 4 is 17.8 Å². The van der Waals surface area contributed by atoms with Crippen molar-refractivity contribution in [3.8, 4) is 11.5 Å². The minimum Gasteiger partial charge on any atom is -0.493 e. The molecular formula is C18H17F3N2O4. The molecule has 0 aliphatic rings. The predicted octanol–water partition coefficient (Wildman–Crippen LogP) is 3.71. The van der Waals surface area contributed by atoms with E-state index in [1.54, 1.807) is 18.2 Å². The van der Waals surface area contributed by atoms with E-state index in [-0.39, 0.29) is 5.69 Å². The molecule has 0 saturated carbocycles. The average Bonchev–Trinajstić information content (AvgIpc) is 2.64. The smallest absolute Gasteiger partial charge is 0.416 e. The number of oxime groups is 1. The lowest BCUT2D eigenvalue weighted by atomic mass is 10.2. The Morgan fingerprint density at radius 3 is 2.52 bits per heavy atom. The van der Waals surface area contributed by atoms with Gasteiger partial charge in [0.2, 0.25) is 0 Å². The van der Waals surface area contributed by atoms with E-state index < -0.39 is 24.3 Å². The van der Waals surface area contributed by atoms with Crippen LogP contribution in [0.25, 0.3) is 0 Å². The molecule has 2 rings (SSSR count). The number of hydrogen-bond donors (Lipinski definition) is 1. The van der Waals surface area contributed by atoms with Crippen molar-refractivity contribution in [3.63, 3.8) is 0 Å². The van der Waals surface area contributed by atoms with E-state index in [0.717, 1.165) is 12.1 Å². The number of anilines is 1. The lowest BCUT2D eigenvalue weighted by Gasteiger charge is -2.09. The van der Waals surface area contributed by atoms with Crippen molar-refractivity contribution in [1.82, 2.24) is 0 Å². The molecule has 2 aromatic rings. The first kappa shape index (κ1) is 20.1. The summed E-state index contributed by atoms with van der Waals surface area (Å²) in [5.41, 5.74) is -0.194. The first-order valence-corrected chi connectivity index (χ1v) is 7.68. The number of nitrogens with zero attached hydrogens (tertiary/aromatic N) is 1. The molecule has 144 valence electrons. The van der Waals surface area contributed by atoms with E-state index in [0.29, 0.717) is 17.1 Å². The SMILES string of the molecule is COc1ccc(/C=N/OCC(=O)Nc2cccc(C(F)(F)F)c2)cc1OC. The Morgan fingerprint density at radius 1 is 1.11 bits per heavy atom. The van der Waals surface area contributed by atoms with Crippen molar-refractivity contribution in [2.75, 3.05) is 26.1 Å². The number of carbonyl (C=O) groups is 1. The van der Waals surface area contributed by atoms with Gasteiger partial charge in [0.15, 0.2) is 18.1 Å². The first-order valence-electron chi connectivity index (χ1n) is 7.68. The quantitative estimate of drug-likeness (QED) is 0.586. The second-order valence-electron chi connectivity index (χ2n) is 5.25. The normalized spacial score (nSPS) is 11.3. The molecule has 0 aromatic heterocycles. The summed E-state index contributed by atoms with van der Waals surface area (Å²) in [7, 11) is 3.01. The highest BCUT2D eigenvalue weighted by molar-refractivity contribution is 5.91. The second kappa shape index (κ2) is 8.93. The standard InChI is InChI=1S/C18H17F3N2O4/c1-25-15-7-6-12(8-16(15)26-2)10-22-27-11-17(24)23-14-5-3-4-13(9-14)18(19,20)21/h3-10H,11H2,1-2H3,(H,23,24)/b22-10+. The molecule has 0 saturated heterocycles. The topological polar surface area (TPSA) is 69.2 Å². The fourth-order valence-electron chi connectivity index (χ4n) is 2.10. The van der Waals surface area contributed by atoms with E-state index in [1.165, 1.54) is 32.6 Å². The number of halogens is 3. The van der Waals surface area contributed by atoms with Gasteiger partial charge in [-0.05, 0) is 36.4 Å². The summed E-state index contributed by atoms with van der Waals surface area (Å²) in [6, 6.07) is 9.35. The van der Waals surface area contributed by atoms with E-state index in [2.05, 4.69) is 10.5 Å². The zero-order valence-electron chi connectivity index (χ0n) is 14.5. The maximum absolute atomic E-state index is 12.6. The predicted molar refractivity (Wildman–Crippen MR) is 93.2 cm³/mol. The van der Waals surface area contributed by atoms with Crippen LogP contribution in [0.1, 0.15) is 11.1 Å². The Kier molecular flexibility index (Phi) is 6.64. The minimum atomic E-state index is -4.49. The maximum Gasteiger partial charge on any atom is 0.416 e. The molecule has 9 heteroatoms. The van der Waals surface area contributed by atoms with Gasteiger partial charge in [-0.3, -0.25) is 4.79 Å². The Labute approximate surface area is 153 Å². The second-order valence-corrected chi connectivity index (χ2v) is 5.25. The number of hydrogen-bond acceptors (Lipinski definition) is 5. The van der Waals surface area contributed by atoms with Gasteiger partial charge in [0.05, 0.1) is 26.0 Å². The maximum atomic E-state index is 12.6. The third kappa shape index (κ3) is 5.91. The number of rotatable bonds is 7. The van der Waals surface area contributed by atoms with Gasteiger partial charge in [0.25, 0.3) is 5.91 Å². The number of amides is 1. The van der Waals surface area contributed by atoms with Crippen molar-refractivity contribution in [3.05, 3.63) is 53.6 Å². The molecule has 27 heavy (non-hydrogen) atoms. The van der Waals surface area contributed by atoms with Crippen LogP contribution in [0.4, 0.5) is 18.9 Å². The summed E-state index contributed by atoms with van der Waals surface area (Å²) >= 11 is 0. The van der Waals surface area contributed by atoms with E-state index in [4.69, 9.17) is 14.3 Å². The molecule has 0 atom stereocenters. The highest BCUT2D eigenvalue weighted by Crippen LogP contribution is 2.30. The summed E-state index contributed by atoms with van der Waals surface area (Å²) < 4.78 is 48.2. The fourth-order valence-corrected chi connectivity index (χ4v) is 2.10. The molecule has 0 fully saturated rings. The molecule has 6 nitrogen and oxygen atoms in total. The molecule has 1 amide bonds. The molecule has 0 heterocycles. The van der Waals surface area contributed by atoms with Gasteiger partial charge in [-0.1, -0.05) is 11.2 Å². The Bertz CT molecular complexity index is 822. The zero-order chi connectivity index (χ0) is 19.9. The van der Waals surface area contributed by atoms with Crippen LogP contribution in [-0.4, -0.2) is 32.9 Å². The summed E-state index contributed by atoms with van der Waals surface area (Å²) in [6.07, 6.45) is -3.12. The Balaban J connectivity index is 1.88. The van der Waals surface area contributed by atoms with Crippen LogP contribution in [0.2, 0.25) is 0 Å². The zero-order valence-corrected chi connectivity index (χ0v) is 14.5. The third-order valence-electron chi connectivity index (χ3n) is 3.35. The van der Waals surface area contributed by atoms with Crippen LogP contribution in [0, 0.1) is 0 Å². The molecule has 1 N–H and O–H groups in total. The molecule has 0 radical (unpaired) electrons. The fraction of sp³-hybridized carbons (Fsp3) is 0.222.